The fourth-order valence-corrected chi connectivity index (χ4v) is 2.37. The minimum Gasteiger partial charge on any atom is -0.456 e. The molecule has 1 aromatic heterocycles. The molecular weight excluding hydrogens is 290 g/mol. The van der Waals surface area contributed by atoms with Crippen molar-refractivity contribution in [2.45, 2.75) is 20.0 Å². The number of hydrogen-bond donors (Lipinski definition) is 2. The van der Waals surface area contributed by atoms with E-state index in [4.69, 9.17) is 21.9 Å². The summed E-state index contributed by atoms with van der Waals surface area (Å²) in [5.74, 6) is 5.61. The van der Waals surface area contributed by atoms with Crippen molar-refractivity contribution in [3.63, 3.8) is 0 Å². The third kappa shape index (κ3) is 4.07. The van der Waals surface area contributed by atoms with E-state index in [2.05, 4.69) is 10.3 Å². The molecule has 0 saturated heterocycles. The highest BCUT2D eigenvalue weighted by Crippen LogP contribution is 2.18. The summed E-state index contributed by atoms with van der Waals surface area (Å²) in [4.78, 5) is 13.6. The van der Waals surface area contributed by atoms with E-state index < -0.39 is 5.91 Å². The Balaban J connectivity index is 2.04. The normalized spacial score (nSPS) is 10.9. The number of amides is 1. The van der Waals surface area contributed by atoms with Crippen molar-refractivity contribution in [3.8, 4) is 0 Å². The SMILES string of the molecule is Cc1oc(C(=O)NN)cc1CN(C)Cc1cccc(Cl)c1. The maximum Gasteiger partial charge on any atom is 0.300 e. The fourth-order valence-electron chi connectivity index (χ4n) is 2.15. The van der Waals surface area contributed by atoms with Crippen LogP contribution < -0.4 is 11.3 Å². The monoisotopic (exact) mass is 307 g/mol. The molecule has 1 amide bonds. The zero-order valence-corrected chi connectivity index (χ0v) is 12.8. The number of rotatable bonds is 5. The van der Waals surface area contributed by atoms with Crippen LogP contribution >= 0.6 is 11.6 Å². The molecule has 0 bridgehead atoms. The number of carbonyl (C=O) groups is 1. The lowest BCUT2D eigenvalue weighted by Crippen LogP contribution is -2.29. The molecule has 6 heteroatoms. The molecule has 21 heavy (non-hydrogen) atoms. The number of nitrogens with one attached hydrogen (secondary N) is 1. The van der Waals surface area contributed by atoms with Crippen LogP contribution in [0.2, 0.25) is 5.02 Å². The predicted octanol–water partition coefficient (Wildman–Crippen LogP) is 2.48. The topological polar surface area (TPSA) is 71.5 Å². The van der Waals surface area contributed by atoms with Crippen LogP contribution in [-0.2, 0) is 13.1 Å². The molecule has 0 radical (unpaired) electrons. The van der Waals surface area contributed by atoms with Crippen molar-refractivity contribution in [2.75, 3.05) is 7.05 Å². The number of benzene rings is 1. The summed E-state index contributed by atoms with van der Waals surface area (Å²) in [5.41, 5.74) is 4.15. The Kier molecular flexibility index (Phi) is 5.01. The van der Waals surface area contributed by atoms with Crippen LogP contribution in [0.25, 0.3) is 0 Å². The highest BCUT2D eigenvalue weighted by atomic mass is 35.5. The van der Waals surface area contributed by atoms with Gasteiger partial charge in [-0.2, -0.15) is 0 Å². The number of nitrogens with two attached hydrogens (primary N) is 1. The molecule has 3 N–H and O–H groups in total. The molecule has 0 saturated carbocycles. The Hall–Kier alpha value is -1.82. The number of halogens is 1. The summed E-state index contributed by atoms with van der Waals surface area (Å²) in [6.07, 6.45) is 0. The number of hydrazine groups is 1. The zero-order chi connectivity index (χ0) is 15.4. The second kappa shape index (κ2) is 6.76. The van der Waals surface area contributed by atoms with E-state index in [1.165, 1.54) is 0 Å². The first-order valence-electron chi connectivity index (χ1n) is 6.53. The van der Waals surface area contributed by atoms with E-state index in [-0.39, 0.29) is 5.76 Å². The maximum absolute atomic E-state index is 11.4. The van der Waals surface area contributed by atoms with Gasteiger partial charge in [0, 0.05) is 23.7 Å². The molecule has 0 aliphatic rings. The number of nitrogen functional groups attached to an aromatic ring is 1. The van der Waals surface area contributed by atoms with Gasteiger partial charge in [0.25, 0.3) is 0 Å². The summed E-state index contributed by atoms with van der Waals surface area (Å²) in [7, 11) is 2.00. The highest BCUT2D eigenvalue weighted by Gasteiger charge is 2.14. The third-order valence-corrected chi connectivity index (χ3v) is 3.39. The van der Waals surface area contributed by atoms with Gasteiger partial charge in [-0.1, -0.05) is 23.7 Å². The van der Waals surface area contributed by atoms with Gasteiger partial charge in [0.15, 0.2) is 5.76 Å². The van der Waals surface area contributed by atoms with Gasteiger partial charge in [0.05, 0.1) is 0 Å². The lowest BCUT2D eigenvalue weighted by Gasteiger charge is -2.16. The minimum absolute atomic E-state index is 0.223. The molecule has 2 rings (SSSR count). The van der Waals surface area contributed by atoms with Gasteiger partial charge in [0.2, 0.25) is 0 Å². The van der Waals surface area contributed by atoms with Crippen molar-refractivity contribution in [2.24, 2.45) is 5.84 Å². The average molecular weight is 308 g/mol. The van der Waals surface area contributed by atoms with E-state index in [1.807, 2.05) is 38.2 Å². The largest absolute Gasteiger partial charge is 0.456 e. The van der Waals surface area contributed by atoms with Crippen molar-refractivity contribution < 1.29 is 9.21 Å². The van der Waals surface area contributed by atoms with Crippen LogP contribution in [0.3, 0.4) is 0 Å². The van der Waals surface area contributed by atoms with Crippen LogP contribution in [0.4, 0.5) is 0 Å². The second-order valence-electron chi connectivity index (χ2n) is 4.97. The van der Waals surface area contributed by atoms with Gasteiger partial charge in [-0.25, -0.2) is 5.84 Å². The summed E-state index contributed by atoms with van der Waals surface area (Å²) in [6, 6.07) is 9.46. The van der Waals surface area contributed by atoms with Gasteiger partial charge in [-0.15, -0.1) is 0 Å². The number of aryl methyl sites for hydroxylation is 1. The van der Waals surface area contributed by atoms with Gasteiger partial charge in [0.1, 0.15) is 5.76 Å². The maximum atomic E-state index is 11.4. The van der Waals surface area contributed by atoms with E-state index >= 15 is 0 Å². The van der Waals surface area contributed by atoms with Crippen LogP contribution in [-0.4, -0.2) is 17.9 Å². The molecule has 0 aliphatic carbocycles. The van der Waals surface area contributed by atoms with Crippen molar-refractivity contribution in [3.05, 3.63) is 58.0 Å². The standard InChI is InChI=1S/C15H18ClN3O2/c1-10-12(7-14(21-10)15(20)18-17)9-19(2)8-11-4-3-5-13(16)6-11/h3-7H,8-9,17H2,1-2H3,(H,18,20). The molecule has 0 spiro atoms. The first kappa shape index (κ1) is 15.6. The minimum atomic E-state index is -0.429. The number of nitrogens with zero attached hydrogens (tertiary/aromatic N) is 1. The molecule has 5 nitrogen and oxygen atoms in total. The van der Waals surface area contributed by atoms with E-state index in [0.717, 1.165) is 22.7 Å². The van der Waals surface area contributed by atoms with Crippen LogP contribution in [0.1, 0.15) is 27.4 Å². The van der Waals surface area contributed by atoms with Crippen LogP contribution in [0.5, 0.6) is 0 Å². The Morgan fingerprint density at radius 3 is 2.81 bits per heavy atom. The van der Waals surface area contributed by atoms with Gasteiger partial charge in [-0.3, -0.25) is 15.1 Å². The summed E-state index contributed by atoms with van der Waals surface area (Å²) >= 11 is 5.98. The van der Waals surface area contributed by atoms with Crippen LogP contribution in [0.15, 0.2) is 34.7 Å². The summed E-state index contributed by atoms with van der Waals surface area (Å²) in [6.45, 7) is 3.25. The van der Waals surface area contributed by atoms with Gasteiger partial charge < -0.3 is 4.42 Å². The summed E-state index contributed by atoms with van der Waals surface area (Å²) in [5, 5.41) is 0.724. The summed E-state index contributed by atoms with van der Waals surface area (Å²) < 4.78 is 5.40. The zero-order valence-electron chi connectivity index (χ0n) is 12.0. The molecule has 112 valence electrons. The number of carbonyl (C=O) groups excluding carboxylic acids is 1. The second-order valence-corrected chi connectivity index (χ2v) is 5.40. The molecule has 2 aromatic rings. The van der Waals surface area contributed by atoms with E-state index in [0.29, 0.717) is 12.3 Å². The van der Waals surface area contributed by atoms with E-state index in [9.17, 15) is 4.79 Å². The Morgan fingerprint density at radius 2 is 2.14 bits per heavy atom. The highest BCUT2D eigenvalue weighted by molar-refractivity contribution is 6.30. The van der Waals surface area contributed by atoms with Crippen molar-refractivity contribution in [1.82, 2.24) is 10.3 Å². The molecule has 0 unspecified atom stereocenters. The molecular formula is C15H18ClN3O2. The molecule has 0 aliphatic heterocycles. The third-order valence-electron chi connectivity index (χ3n) is 3.16. The quantitative estimate of drug-likeness (QED) is 0.506. The lowest BCUT2D eigenvalue weighted by molar-refractivity contribution is 0.0924. The van der Waals surface area contributed by atoms with Gasteiger partial charge >= 0.3 is 5.91 Å². The van der Waals surface area contributed by atoms with Crippen LogP contribution in [0, 0.1) is 6.92 Å². The predicted molar refractivity (Wildman–Crippen MR) is 81.7 cm³/mol. The first-order valence-corrected chi connectivity index (χ1v) is 6.90. The molecule has 1 heterocycles. The first-order chi connectivity index (χ1) is 9.99. The van der Waals surface area contributed by atoms with Crippen molar-refractivity contribution >= 4 is 17.5 Å². The Morgan fingerprint density at radius 1 is 1.38 bits per heavy atom. The number of hydrogen-bond acceptors (Lipinski definition) is 4. The van der Waals surface area contributed by atoms with Crippen molar-refractivity contribution in [1.29, 1.82) is 0 Å². The fraction of sp³-hybridized carbons (Fsp3) is 0.267. The molecule has 0 fully saturated rings. The Bertz CT molecular complexity index is 640. The smallest absolute Gasteiger partial charge is 0.300 e. The van der Waals surface area contributed by atoms with Gasteiger partial charge in [-0.05, 0) is 37.7 Å². The molecule has 1 aromatic carbocycles. The number of furan rings is 1. The van der Waals surface area contributed by atoms with E-state index in [1.54, 1.807) is 6.07 Å². The lowest BCUT2D eigenvalue weighted by atomic mass is 10.2. The average Bonchev–Trinajstić information content (AvgIpc) is 2.79. The Labute approximate surface area is 128 Å². The molecule has 0 atom stereocenters.